The fourth-order valence-corrected chi connectivity index (χ4v) is 1.73. The van der Waals surface area contributed by atoms with Crippen molar-refractivity contribution in [1.82, 2.24) is 4.90 Å². The first-order valence-corrected chi connectivity index (χ1v) is 4.58. The Labute approximate surface area is 73.4 Å². The van der Waals surface area contributed by atoms with Gasteiger partial charge in [-0.1, -0.05) is 6.92 Å². The highest BCUT2D eigenvalue weighted by atomic mass is 16.4. The van der Waals surface area contributed by atoms with E-state index >= 15 is 0 Å². The summed E-state index contributed by atoms with van der Waals surface area (Å²) in [6.45, 7) is 5.83. The van der Waals surface area contributed by atoms with Crippen LogP contribution in [0.1, 0.15) is 26.7 Å². The van der Waals surface area contributed by atoms with Crippen molar-refractivity contribution in [2.24, 2.45) is 5.92 Å². The molecule has 0 bridgehead atoms. The average Bonchev–Trinajstić information content (AvgIpc) is 2.03. The molecule has 0 aromatic carbocycles. The van der Waals surface area contributed by atoms with Gasteiger partial charge in [-0.25, -0.2) is 0 Å². The van der Waals surface area contributed by atoms with Gasteiger partial charge < -0.3 is 5.11 Å². The summed E-state index contributed by atoms with van der Waals surface area (Å²) in [6, 6.07) is -0.312. The smallest absolute Gasteiger partial charge is 0.320 e. The molecule has 70 valence electrons. The van der Waals surface area contributed by atoms with Crippen LogP contribution in [0.25, 0.3) is 0 Å². The van der Waals surface area contributed by atoms with Crippen LogP contribution in [0.2, 0.25) is 0 Å². The van der Waals surface area contributed by atoms with E-state index in [0.717, 1.165) is 19.5 Å². The van der Waals surface area contributed by atoms with Crippen LogP contribution < -0.4 is 0 Å². The molecule has 3 heteroatoms. The van der Waals surface area contributed by atoms with Gasteiger partial charge >= 0.3 is 5.97 Å². The van der Waals surface area contributed by atoms with Crippen LogP contribution in [0.3, 0.4) is 0 Å². The predicted octanol–water partition coefficient (Wildman–Crippen LogP) is 1.19. The highest BCUT2D eigenvalue weighted by molar-refractivity contribution is 5.72. The number of hydrogen-bond acceptors (Lipinski definition) is 2. The van der Waals surface area contributed by atoms with Gasteiger partial charge in [0, 0.05) is 6.54 Å². The Bertz CT molecular complexity index is 170. The van der Waals surface area contributed by atoms with Crippen LogP contribution >= 0.6 is 0 Å². The largest absolute Gasteiger partial charge is 0.480 e. The van der Waals surface area contributed by atoms with Crippen molar-refractivity contribution >= 4 is 5.97 Å². The number of hydrogen-bond donors (Lipinski definition) is 1. The van der Waals surface area contributed by atoms with E-state index in [1.54, 1.807) is 6.92 Å². The number of carbonyl (C=O) groups is 1. The molecular formula is C9H17NO2. The summed E-state index contributed by atoms with van der Waals surface area (Å²) in [5, 5.41) is 8.78. The van der Waals surface area contributed by atoms with Crippen LogP contribution in [-0.4, -0.2) is 35.1 Å². The van der Waals surface area contributed by atoms with Crippen molar-refractivity contribution in [3.63, 3.8) is 0 Å². The van der Waals surface area contributed by atoms with Gasteiger partial charge in [0.05, 0.1) is 0 Å². The molecule has 0 aromatic rings. The fourth-order valence-electron chi connectivity index (χ4n) is 1.73. The Morgan fingerprint density at radius 3 is 2.83 bits per heavy atom. The number of rotatable bonds is 2. The third-order valence-electron chi connectivity index (χ3n) is 2.59. The lowest BCUT2D eigenvalue weighted by Gasteiger charge is -2.33. The lowest BCUT2D eigenvalue weighted by Crippen LogP contribution is -2.44. The highest BCUT2D eigenvalue weighted by Crippen LogP contribution is 2.17. The number of carboxylic acids is 1. The maximum atomic E-state index is 10.7. The van der Waals surface area contributed by atoms with Gasteiger partial charge in [-0.2, -0.15) is 0 Å². The summed E-state index contributed by atoms with van der Waals surface area (Å²) in [7, 11) is 0. The first kappa shape index (κ1) is 9.52. The van der Waals surface area contributed by atoms with Crippen molar-refractivity contribution in [1.29, 1.82) is 0 Å². The zero-order chi connectivity index (χ0) is 9.14. The summed E-state index contributed by atoms with van der Waals surface area (Å²) in [4.78, 5) is 12.7. The summed E-state index contributed by atoms with van der Waals surface area (Å²) in [5.41, 5.74) is 0. The standard InChI is InChI=1S/C9H17NO2/c1-7-4-3-5-10(6-7)8(2)9(11)12/h7-8H,3-6H2,1-2H3,(H,11,12)/t7-,8+/m1/s1. The minimum atomic E-state index is -0.705. The van der Waals surface area contributed by atoms with Crippen molar-refractivity contribution in [3.05, 3.63) is 0 Å². The molecule has 0 radical (unpaired) electrons. The molecule has 1 saturated heterocycles. The molecule has 1 aliphatic rings. The Morgan fingerprint density at radius 1 is 1.67 bits per heavy atom. The van der Waals surface area contributed by atoms with Gasteiger partial charge in [-0.05, 0) is 32.2 Å². The van der Waals surface area contributed by atoms with E-state index in [4.69, 9.17) is 5.11 Å². The van der Waals surface area contributed by atoms with Gasteiger partial charge in [0.15, 0.2) is 0 Å². The van der Waals surface area contributed by atoms with Crippen LogP contribution in [-0.2, 0) is 4.79 Å². The number of piperidine rings is 1. The van der Waals surface area contributed by atoms with Gasteiger partial charge in [0.2, 0.25) is 0 Å². The molecule has 1 N–H and O–H groups in total. The second-order valence-electron chi connectivity index (χ2n) is 3.76. The zero-order valence-electron chi connectivity index (χ0n) is 7.79. The Morgan fingerprint density at radius 2 is 2.33 bits per heavy atom. The number of likely N-dealkylation sites (tertiary alicyclic amines) is 1. The molecule has 12 heavy (non-hydrogen) atoms. The molecule has 0 unspecified atom stereocenters. The summed E-state index contributed by atoms with van der Waals surface area (Å²) < 4.78 is 0. The normalized spacial score (nSPS) is 28.3. The van der Waals surface area contributed by atoms with Crippen molar-refractivity contribution < 1.29 is 9.90 Å². The van der Waals surface area contributed by atoms with Crippen LogP contribution in [0.15, 0.2) is 0 Å². The fraction of sp³-hybridized carbons (Fsp3) is 0.889. The van der Waals surface area contributed by atoms with E-state index in [9.17, 15) is 4.79 Å². The van der Waals surface area contributed by atoms with E-state index in [0.29, 0.717) is 5.92 Å². The summed E-state index contributed by atoms with van der Waals surface area (Å²) in [5.74, 6) is -0.0513. The number of aliphatic carboxylic acids is 1. The van der Waals surface area contributed by atoms with E-state index in [-0.39, 0.29) is 6.04 Å². The maximum absolute atomic E-state index is 10.7. The Kier molecular flexibility index (Phi) is 3.09. The van der Waals surface area contributed by atoms with Crippen LogP contribution in [0, 0.1) is 5.92 Å². The van der Waals surface area contributed by atoms with E-state index in [1.165, 1.54) is 6.42 Å². The second kappa shape index (κ2) is 3.90. The average molecular weight is 171 g/mol. The lowest BCUT2D eigenvalue weighted by atomic mass is 9.99. The van der Waals surface area contributed by atoms with Crippen LogP contribution in [0.4, 0.5) is 0 Å². The summed E-state index contributed by atoms with van der Waals surface area (Å²) >= 11 is 0. The SMILES string of the molecule is C[C@@H]1CCCN([C@@H](C)C(=O)O)C1. The Balaban J connectivity index is 2.45. The third kappa shape index (κ3) is 2.21. The molecule has 1 rings (SSSR count). The summed E-state index contributed by atoms with van der Waals surface area (Å²) in [6.07, 6.45) is 2.38. The molecule has 0 saturated carbocycles. The van der Waals surface area contributed by atoms with E-state index in [1.807, 2.05) is 0 Å². The van der Waals surface area contributed by atoms with Crippen LogP contribution in [0.5, 0.6) is 0 Å². The Hall–Kier alpha value is -0.570. The molecular weight excluding hydrogens is 154 g/mol. The molecule has 0 amide bonds. The monoisotopic (exact) mass is 171 g/mol. The molecule has 0 spiro atoms. The van der Waals surface area contributed by atoms with Gasteiger partial charge in [0.25, 0.3) is 0 Å². The van der Waals surface area contributed by atoms with Crippen molar-refractivity contribution in [3.8, 4) is 0 Å². The molecule has 1 heterocycles. The topological polar surface area (TPSA) is 40.5 Å². The highest BCUT2D eigenvalue weighted by Gasteiger charge is 2.24. The maximum Gasteiger partial charge on any atom is 0.320 e. The predicted molar refractivity (Wildman–Crippen MR) is 47.1 cm³/mol. The number of carboxylic acid groups (broad SMARTS) is 1. The molecule has 2 atom stereocenters. The lowest BCUT2D eigenvalue weighted by molar-refractivity contribution is -0.143. The quantitative estimate of drug-likeness (QED) is 0.678. The van der Waals surface area contributed by atoms with Gasteiger partial charge in [0.1, 0.15) is 6.04 Å². The van der Waals surface area contributed by atoms with E-state index < -0.39 is 5.97 Å². The molecule has 0 aromatic heterocycles. The molecule has 0 aliphatic carbocycles. The van der Waals surface area contributed by atoms with E-state index in [2.05, 4.69) is 11.8 Å². The molecule has 3 nitrogen and oxygen atoms in total. The third-order valence-corrected chi connectivity index (χ3v) is 2.59. The molecule has 1 aliphatic heterocycles. The first-order valence-electron chi connectivity index (χ1n) is 4.58. The van der Waals surface area contributed by atoms with Gasteiger partial charge in [-0.15, -0.1) is 0 Å². The zero-order valence-corrected chi connectivity index (χ0v) is 7.79. The van der Waals surface area contributed by atoms with Gasteiger partial charge in [-0.3, -0.25) is 9.69 Å². The first-order chi connectivity index (χ1) is 5.61. The minimum absolute atomic E-state index is 0.312. The second-order valence-corrected chi connectivity index (χ2v) is 3.76. The molecule has 1 fully saturated rings. The minimum Gasteiger partial charge on any atom is -0.480 e. The van der Waals surface area contributed by atoms with Crippen molar-refractivity contribution in [2.75, 3.05) is 13.1 Å². The van der Waals surface area contributed by atoms with Crippen molar-refractivity contribution in [2.45, 2.75) is 32.7 Å². The number of nitrogens with zero attached hydrogens (tertiary/aromatic N) is 1.